The second-order valence-electron chi connectivity index (χ2n) is 5.57. The molecule has 6 nitrogen and oxygen atoms in total. The van der Waals surface area contributed by atoms with E-state index in [1.807, 2.05) is 24.3 Å². The molecule has 1 aromatic carbocycles. The summed E-state index contributed by atoms with van der Waals surface area (Å²) >= 11 is 1.26. The van der Waals surface area contributed by atoms with Gasteiger partial charge in [-0.05, 0) is 24.3 Å². The summed E-state index contributed by atoms with van der Waals surface area (Å²) in [7, 11) is 0. The molecule has 0 bridgehead atoms. The third kappa shape index (κ3) is 3.08. The Labute approximate surface area is 126 Å². The summed E-state index contributed by atoms with van der Waals surface area (Å²) in [5.41, 5.74) is 0.849. The molecule has 0 atom stereocenters. The number of hydrogen-bond acceptors (Lipinski definition) is 6. The second kappa shape index (κ2) is 5.25. The predicted octanol–water partition coefficient (Wildman–Crippen LogP) is 3.21. The minimum Gasteiger partial charge on any atom is -0.430 e. The van der Waals surface area contributed by atoms with E-state index >= 15 is 0 Å². The van der Waals surface area contributed by atoms with Gasteiger partial charge in [-0.3, -0.25) is 0 Å². The Morgan fingerprint density at radius 2 is 1.90 bits per heavy atom. The van der Waals surface area contributed by atoms with Crippen molar-refractivity contribution in [3.63, 3.8) is 0 Å². The minimum absolute atomic E-state index is 0.0743. The highest BCUT2D eigenvalue weighted by Crippen LogP contribution is 2.28. The summed E-state index contributed by atoms with van der Waals surface area (Å²) in [4.78, 5) is 8.33. The van der Waals surface area contributed by atoms with Crippen molar-refractivity contribution in [2.75, 3.05) is 0 Å². The Balaban J connectivity index is 1.75. The molecule has 108 valence electrons. The number of rotatable bonds is 3. The van der Waals surface area contributed by atoms with Gasteiger partial charge in [-0.2, -0.15) is 14.5 Å². The van der Waals surface area contributed by atoms with Crippen LogP contribution in [0.3, 0.4) is 0 Å². The first-order valence-corrected chi connectivity index (χ1v) is 7.27. The summed E-state index contributed by atoms with van der Waals surface area (Å²) in [6.45, 7) is 6.23. The zero-order chi connectivity index (χ0) is 14.9. The molecule has 3 rings (SSSR count). The second-order valence-corrected chi connectivity index (χ2v) is 6.28. The summed E-state index contributed by atoms with van der Waals surface area (Å²) in [6, 6.07) is 7.57. The Bertz CT molecular complexity index is 713. The average molecular weight is 301 g/mol. The van der Waals surface area contributed by atoms with E-state index in [4.69, 9.17) is 4.74 Å². The average Bonchev–Trinajstić information content (AvgIpc) is 3.09. The van der Waals surface area contributed by atoms with Crippen LogP contribution in [0, 0.1) is 0 Å². The molecule has 0 spiro atoms. The first kappa shape index (κ1) is 13.7. The van der Waals surface area contributed by atoms with Crippen LogP contribution in [0.5, 0.6) is 10.9 Å². The van der Waals surface area contributed by atoms with Gasteiger partial charge in [0.05, 0.1) is 5.69 Å². The maximum Gasteiger partial charge on any atom is 0.298 e. The maximum atomic E-state index is 5.73. The number of ether oxygens (including phenoxy) is 1. The van der Waals surface area contributed by atoms with Crippen molar-refractivity contribution in [3.8, 4) is 16.6 Å². The fourth-order valence-electron chi connectivity index (χ4n) is 1.66. The largest absolute Gasteiger partial charge is 0.430 e. The zero-order valence-corrected chi connectivity index (χ0v) is 12.8. The van der Waals surface area contributed by atoms with Gasteiger partial charge in [0.15, 0.2) is 5.82 Å². The van der Waals surface area contributed by atoms with Crippen molar-refractivity contribution in [1.82, 2.24) is 24.1 Å². The van der Waals surface area contributed by atoms with Crippen LogP contribution < -0.4 is 4.74 Å². The van der Waals surface area contributed by atoms with Crippen molar-refractivity contribution in [3.05, 3.63) is 42.7 Å². The summed E-state index contributed by atoms with van der Waals surface area (Å²) < 4.78 is 11.7. The monoisotopic (exact) mass is 301 g/mol. The van der Waals surface area contributed by atoms with Gasteiger partial charge >= 0.3 is 0 Å². The van der Waals surface area contributed by atoms with Crippen molar-refractivity contribution < 1.29 is 4.74 Å². The van der Waals surface area contributed by atoms with Gasteiger partial charge in [0, 0.05) is 16.9 Å². The van der Waals surface area contributed by atoms with E-state index in [2.05, 4.69) is 40.2 Å². The third-order valence-corrected chi connectivity index (χ3v) is 3.40. The number of hydrogen-bond donors (Lipinski definition) is 0. The number of benzene rings is 1. The maximum absolute atomic E-state index is 5.73. The van der Waals surface area contributed by atoms with Crippen molar-refractivity contribution in [1.29, 1.82) is 0 Å². The molecule has 2 heterocycles. The normalized spacial score (nSPS) is 11.6. The van der Waals surface area contributed by atoms with Gasteiger partial charge < -0.3 is 4.74 Å². The lowest BCUT2D eigenvalue weighted by atomic mass is 9.96. The molecule has 0 saturated carbocycles. The van der Waals surface area contributed by atoms with Gasteiger partial charge in [-0.25, -0.2) is 9.67 Å². The lowest BCUT2D eigenvalue weighted by Crippen LogP contribution is -2.12. The standard InChI is InChI=1S/C14H15N5OS/c1-14(2,3)12-17-13(21-18-12)20-11-6-4-10(5-7-11)19-9-15-8-16-19/h4-9H,1-3H3. The summed E-state index contributed by atoms with van der Waals surface area (Å²) in [5, 5.41) is 4.62. The smallest absolute Gasteiger partial charge is 0.298 e. The van der Waals surface area contributed by atoms with Crippen LogP contribution in [0.1, 0.15) is 26.6 Å². The van der Waals surface area contributed by atoms with Crippen LogP contribution in [-0.4, -0.2) is 24.1 Å². The Morgan fingerprint density at radius 1 is 1.14 bits per heavy atom. The van der Waals surface area contributed by atoms with E-state index in [9.17, 15) is 0 Å². The van der Waals surface area contributed by atoms with Crippen LogP contribution in [0.15, 0.2) is 36.9 Å². The van der Waals surface area contributed by atoms with E-state index in [1.54, 1.807) is 11.0 Å². The topological polar surface area (TPSA) is 65.7 Å². The first-order valence-electron chi connectivity index (χ1n) is 6.49. The molecule has 0 aliphatic heterocycles. The molecule has 0 N–H and O–H groups in total. The van der Waals surface area contributed by atoms with Crippen LogP contribution in [-0.2, 0) is 5.41 Å². The van der Waals surface area contributed by atoms with Gasteiger partial charge in [0.25, 0.3) is 5.19 Å². The Hall–Kier alpha value is -2.28. The molecule has 3 aromatic rings. The molecule has 0 unspecified atom stereocenters. The minimum atomic E-state index is -0.0743. The van der Waals surface area contributed by atoms with Crippen LogP contribution >= 0.6 is 11.5 Å². The van der Waals surface area contributed by atoms with Crippen molar-refractivity contribution in [2.45, 2.75) is 26.2 Å². The Morgan fingerprint density at radius 3 is 2.48 bits per heavy atom. The molecule has 21 heavy (non-hydrogen) atoms. The van der Waals surface area contributed by atoms with E-state index in [1.165, 1.54) is 17.9 Å². The van der Waals surface area contributed by atoms with E-state index in [0.29, 0.717) is 5.19 Å². The van der Waals surface area contributed by atoms with E-state index < -0.39 is 0 Å². The van der Waals surface area contributed by atoms with Crippen LogP contribution in [0.25, 0.3) is 5.69 Å². The van der Waals surface area contributed by atoms with E-state index in [-0.39, 0.29) is 5.41 Å². The van der Waals surface area contributed by atoms with Gasteiger partial charge in [0.1, 0.15) is 18.4 Å². The zero-order valence-electron chi connectivity index (χ0n) is 12.0. The van der Waals surface area contributed by atoms with Gasteiger partial charge in [-0.15, -0.1) is 0 Å². The molecular weight excluding hydrogens is 286 g/mol. The molecule has 0 aliphatic rings. The molecule has 0 amide bonds. The quantitative estimate of drug-likeness (QED) is 0.743. The molecule has 0 aliphatic carbocycles. The fourth-order valence-corrected chi connectivity index (χ4v) is 2.40. The van der Waals surface area contributed by atoms with Crippen molar-refractivity contribution >= 4 is 11.5 Å². The molecule has 0 saturated heterocycles. The predicted molar refractivity (Wildman–Crippen MR) is 80.0 cm³/mol. The summed E-state index contributed by atoms with van der Waals surface area (Å²) in [6.07, 6.45) is 3.15. The summed E-state index contributed by atoms with van der Waals surface area (Å²) in [5.74, 6) is 1.51. The molecule has 0 fully saturated rings. The number of aromatic nitrogens is 5. The van der Waals surface area contributed by atoms with E-state index in [0.717, 1.165) is 17.3 Å². The SMILES string of the molecule is CC(C)(C)c1nsc(Oc2ccc(-n3cncn3)cc2)n1. The third-order valence-electron chi connectivity index (χ3n) is 2.80. The first-order chi connectivity index (χ1) is 10.0. The lowest BCUT2D eigenvalue weighted by molar-refractivity contribution is 0.468. The highest BCUT2D eigenvalue weighted by molar-refractivity contribution is 7.07. The highest BCUT2D eigenvalue weighted by Gasteiger charge is 2.20. The molecular formula is C14H15N5OS. The van der Waals surface area contributed by atoms with Gasteiger partial charge in [0.2, 0.25) is 0 Å². The van der Waals surface area contributed by atoms with Gasteiger partial charge in [-0.1, -0.05) is 20.8 Å². The molecule has 7 heteroatoms. The van der Waals surface area contributed by atoms with Crippen molar-refractivity contribution in [2.24, 2.45) is 0 Å². The number of nitrogens with zero attached hydrogens (tertiary/aromatic N) is 5. The fraction of sp³-hybridized carbons (Fsp3) is 0.286. The lowest BCUT2D eigenvalue weighted by Gasteiger charge is -2.12. The Kier molecular flexibility index (Phi) is 3.42. The highest BCUT2D eigenvalue weighted by atomic mass is 32.1. The van der Waals surface area contributed by atoms with Crippen LogP contribution in [0.4, 0.5) is 0 Å². The van der Waals surface area contributed by atoms with Crippen LogP contribution in [0.2, 0.25) is 0 Å². The molecule has 2 aromatic heterocycles. The molecule has 0 radical (unpaired) electrons.